The molecular formula is C13H17N5. The second-order valence-electron chi connectivity index (χ2n) is 4.73. The molecule has 5 heteroatoms. The molecule has 0 bridgehead atoms. The first kappa shape index (κ1) is 11.2. The van der Waals surface area contributed by atoms with E-state index in [9.17, 15) is 0 Å². The molecule has 2 heterocycles. The summed E-state index contributed by atoms with van der Waals surface area (Å²) in [6, 6.07) is 0. The fourth-order valence-corrected chi connectivity index (χ4v) is 2.42. The van der Waals surface area contributed by atoms with Crippen LogP contribution in [-0.2, 0) is 26.4 Å². The topological polar surface area (TPSA) is 55.6 Å². The Labute approximate surface area is 106 Å². The molecule has 0 aromatic carbocycles. The van der Waals surface area contributed by atoms with Crippen LogP contribution in [0, 0.1) is 0 Å². The second kappa shape index (κ2) is 4.76. The summed E-state index contributed by atoms with van der Waals surface area (Å²) >= 11 is 0. The van der Waals surface area contributed by atoms with Crippen molar-refractivity contribution in [3.05, 3.63) is 35.5 Å². The van der Waals surface area contributed by atoms with Gasteiger partial charge in [-0.1, -0.05) is 0 Å². The number of aromatic nitrogens is 4. The molecular weight excluding hydrogens is 226 g/mol. The van der Waals surface area contributed by atoms with Crippen LogP contribution in [0.1, 0.15) is 29.7 Å². The van der Waals surface area contributed by atoms with Gasteiger partial charge >= 0.3 is 0 Å². The van der Waals surface area contributed by atoms with E-state index in [0.29, 0.717) is 0 Å². The molecule has 0 unspecified atom stereocenters. The second-order valence-corrected chi connectivity index (χ2v) is 4.73. The number of rotatable bonds is 3. The fourth-order valence-electron chi connectivity index (χ4n) is 2.42. The van der Waals surface area contributed by atoms with Crippen LogP contribution in [0.2, 0.25) is 0 Å². The third-order valence-electron chi connectivity index (χ3n) is 3.34. The molecule has 0 radical (unpaired) electrons. The molecule has 0 amide bonds. The standard InChI is InChI=1S/C13H17N5/c1-18-8-10(7-17-18)6-14-13-11-4-2-3-5-12(11)15-9-16-13/h7-9H,2-6H2,1H3,(H,14,15,16). The number of fused-ring (bicyclic) bond motifs is 1. The van der Waals surface area contributed by atoms with Gasteiger partial charge in [0.2, 0.25) is 0 Å². The summed E-state index contributed by atoms with van der Waals surface area (Å²) in [6.07, 6.45) is 10.2. The smallest absolute Gasteiger partial charge is 0.133 e. The van der Waals surface area contributed by atoms with Gasteiger partial charge in [0.25, 0.3) is 0 Å². The molecule has 1 aliphatic carbocycles. The van der Waals surface area contributed by atoms with Crippen molar-refractivity contribution in [2.75, 3.05) is 5.32 Å². The molecule has 0 atom stereocenters. The van der Waals surface area contributed by atoms with Crippen molar-refractivity contribution in [1.29, 1.82) is 0 Å². The van der Waals surface area contributed by atoms with Crippen LogP contribution in [0.25, 0.3) is 0 Å². The molecule has 94 valence electrons. The van der Waals surface area contributed by atoms with E-state index in [1.165, 1.54) is 29.7 Å². The lowest BCUT2D eigenvalue weighted by Crippen LogP contribution is -2.11. The van der Waals surface area contributed by atoms with Gasteiger partial charge in [0.1, 0.15) is 12.1 Å². The molecule has 5 nitrogen and oxygen atoms in total. The van der Waals surface area contributed by atoms with Crippen molar-refractivity contribution in [2.45, 2.75) is 32.2 Å². The highest BCUT2D eigenvalue weighted by atomic mass is 15.2. The van der Waals surface area contributed by atoms with Gasteiger partial charge in [-0.3, -0.25) is 4.68 Å². The van der Waals surface area contributed by atoms with Crippen LogP contribution < -0.4 is 5.32 Å². The highest BCUT2D eigenvalue weighted by Gasteiger charge is 2.15. The largest absolute Gasteiger partial charge is 0.366 e. The third kappa shape index (κ3) is 2.20. The van der Waals surface area contributed by atoms with Gasteiger partial charge in [0, 0.05) is 36.6 Å². The van der Waals surface area contributed by atoms with Crippen LogP contribution in [0.3, 0.4) is 0 Å². The number of hydrogen-bond acceptors (Lipinski definition) is 4. The lowest BCUT2D eigenvalue weighted by Gasteiger charge is -2.17. The Hall–Kier alpha value is -1.91. The van der Waals surface area contributed by atoms with Crippen molar-refractivity contribution in [3.63, 3.8) is 0 Å². The van der Waals surface area contributed by atoms with Crippen LogP contribution in [0.15, 0.2) is 18.7 Å². The third-order valence-corrected chi connectivity index (χ3v) is 3.34. The minimum Gasteiger partial charge on any atom is -0.366 e. The first-order chi connectivity index (χ1) is 8.83. The summed E-state index contributed by atoms with van der Waals surface area (Å²) in [5.74, 6) is 0.989. The summed E-state index contributed by atoms with van der Waals surface area (Å²) in [5, 5.41) is 7.56. The molecule has 0 spiro atoms. The first-order valence-electron chi connectivity index (χ1n) is 6.37. The maximum absolute atomic E-state index is 4.37. The predicted octanol–water partition coefficient (Wildman–Crippen LogP) is 1.70. The molecule has 2 aromatic heterocycles. The number of aryl methyl sites for hydroxylation is 2. The lowest BCUT2D eigenvalue weighted by atomic mass is 9.96. The number of anilines is 1. The van der Waals surface area contributed by atoms with Gasteiger partial charge in [-0.05, 0) is 25.7 Å². The average molecular weight is 243 g/mol. The molecule has 0 saturated carbocycles. The normalized spacial score (nSPS) is 14.3. The van der Waals surface area contributed by atoms with Gasteiger partial charge in [0.05, 0.1) is 6.20 Å². The maximum atomic E-state index is 4.37. The first-order valence-corrected chi connectivity index (χ1v) is 6.37. The SMILES string of the molecule is Cn1cc(CNc2ncnc3c2CCCC3)cn1. The van der Waals surface area contributed by atoms with E-state index in [4.69, 9.17) is 0 Å². The summed E-state index contributed by atoms with van der Waals surface area (Å²) < 4.78 is 1.81. The van der Waals surface area contributed by atoms with Crippen LogP contribution >= 0.6 is 0 Å². The quantitative estimate of drug-likeness (QED) is 0.891. The highest BCUT2D eigenvalue weighted by Crippen LogP contribution is 2.24. The van der Waals surface area contributed by atoms with Gasteiger partial charge in [0.15, 0.2) is 0 Å². The van der Waals surface area contributed by atoms with Crippen molar-refractivity contribution in [1.82, 2.24) is 19.7 Å². The van der Waals surface area contributed by atoms with Gasteiger partial charge in [-0.25, -0.2) is 9.97 Å². The van der Waals surface area contributed by atoms with Crippen LogP contribution in [0.4, 0.5) is 5.82 Å². The van der Waals surface area contributed by atoms with E-state index in [1.807, 2.05) is 24.1 Å². The fraction of sp³-hybridized carbons (Fsp3) is 0.462. The van der Waals surface area contributed by atoms with Crippen molar-refractivity contribution in [3.8, 4) is 0 Å². The number of nitrogens with one attached hydrogen (secondary N) is 1. The molecule has 0 saturated heterocycles. The van der Waals surface area contributed by atoms with Crippen LogP contribution in [-0.4, -0.2) is 19.7 Å². The molecule has 1 N–H and O–H groups in total. The van der Waals surface area contributed by atoms with E-state index in [0.717, 1.165) is 25.2 Å². The Morgan fingerprint density at radius 1 is 1.28 bits per heavy atom. The van der Waals surface area contributed by atoms with Gasteiger partial charge in [-0.15, -0.1) is 0 Å². The van der Waals surface area contributed by atoms with Gasteiger partial charge in [-0.2, -0.15) is 5.10 Å². The Bertz CT molecular complexity index is 546. The minimum atomic E-state index is 0.761. The van der Waals surface area contributed by atoms with Crippen molar-refractivity contribution >= 4 is 5.82 Å². The average Bonchev–Trinajstić information content (AvgIpc) is 2.82. The summed E-state index contributed by atoms with van der Waals surface area (Å²) in [6.45, 7) is 0.761. The summed E-state index contributed by atoms with van der Waals surface area (Å²) in [7, 11) is 1.93. The maximum Gasteiger partial charge on any atom is 0.133 e. The zero-order valence-electron chi connectivity index (χ0n) is 10.6. The van der Waals surface area contributed by atoms with Crippen molar-refractivity contribution in [2.24, 2.45) is 7.05 Å². The Morgan fingerprint density at radius 2 is 2.17 bits per heavy atom. The number of nitrogens with zero attached hydrogens (tertiary/aromatic N) is 4. The zero-order valence-corrected chi connectivity index (χ0v) is 10.6. The van der Waals surface area contributed by atoms with Crippen LogP contribution in [0.5, 0.6) is 0 Å². The predicted molar refractivity (Wildman–Crippen MR) is 69.2 cm³/mol. The zero-order chi connectivity index (χ0) is 12.4. The summed E-state index contributed by atoms with van der Waals surface area (Å²) in [4.78, 5) is 8.74. The lowest BCUT2D eigenvalue weighted by molar-refractivity contribution is 0.663. The molecule has 0 fully saturated rings. The van der Waals surface area contributed by atoms with E-state index < -0.39 is 0 Å². The van der Waals surface area contributed by atoms with Crippen molar-refractivity contribution < 1.29 is 0 Å². The van der Waals surface area contributed by atoms with E-state index in [2.05, 4.69) is 20.4 Å². The Balaban J connectivity index is 1.76. The molecule has 18 heavy (non-hydrogen) atoms. The Morgan fingerprint density at radius 3 is 3.00 bits per heavy atom. The Kier molecular flexibility index (Phi) is 2.96. The van der Waals surface area contributed by atoms with E-state index in [1.54, 1.807) is 6.33 Å². The molecule has 0 aliphatic heterocycles. The summed E-state index contributed by atoms with van der Waals surface area (Å²) in [5.41, 5.74) is 3.68. The van der Waals surface area contributed by atoms with E-state index >= 15 is 0 Å². The highest BCUT2D eigenvalue weighted by molar-refractivity contribution is 5.47. The molecule has 1 aliphatic rings. The molecule has 3 rings (SSSR count). The monoisotopic (exact) mass is 243 g/mol. The van der Waals surface area contributed by atoms with Gasteiger partial charge < -0.3 is 5.32 Å². The number of hydrogen-bond donors (Lipinski definition) is 1. The van der Waals surface area contributed by atoms with E-state index in [-0.39, 0.29) is 0 Å². The minimum absolute atomic E-state index is 0.761. The molecule has 2 aromatic rings.